The molecule has 0 aromatic heterocycles. The van der Waals surface area contributed by atoms with E-state index < -0.39 is 6.61 Å². The summed E-state index contributed by atoms with van der Waals surface area (Å²) in [6.45, 7) is 3.87. The molecule has 0 radical (unpaired) electrons. The number of rotatable bonds is 9. The summed E-state index contributed by atoms with van der Waals surface area (Å²) in [4.78, 5) is 0. The average Bonchev–Trinajstić information content (AvgIpc) is 2.34. The molecule has 0 heterocycles. The van der Waals surface area contributed by atoms with Crippen LogP contribution in [0, 0.1) is 5.92 Å². The van der Waals surface area contributed by atoms with E-state index in [1.165, 1.54) is 0 Å². The van der Waals surface area contributed by atoms with Gasteiger partial charge in [-0.05, 0) is 12.0 Å². The van der Waals surface area contributed by atoms with Crippen LogP contribution in [0.1, 0.15) is 19.4 Å². The van der Waals surface area contributed by atoms with Gasteiger partial charge in [0.2, 0.25) is 0 Å². The van der Waals surface area contributed by atoms with Crippen molar-refractivity contribution in [2.75, 3.05) is 19.8 Å². The Morgan fingerprint density at radius 2 is 1.95 bits per heavy atom. The molecule has 19 heavy (non-hydrogen) atoms. The SMILES string of the molecule is CC(C)COCCNCc1ccccc1OC(F)F. The highest BCUT2D eigenvalue weighted by molar-refractivity contribution is 5.33. The highest BCUT2D eigenvalue weighted by atomic mass is 19.3. The zero-order chi connectivity index (χ0) is 14.1. The first kappa shape index (κ1) is 15.9. The molecule has 1 aromatic rings. The molecule has 5 heteroatoms. The van der Waals surface area contributed by atoms with Gasteiger partial charge in [-0.15, -0.1) is 0 Å². The van der Waals surface area contributed by atoms with Crippen molar-refractivity contribution in [1.29, 1.82) is 0 Å². The fourth-order valence-electron chi connectivity index (χ4n) is 1.55. The number of hydrogen-bond donors (Lipinski definition) is 1. The Bertz CT molecular complexity index is 359. The molecule has 0 unspecified atom stereocenters. The number of nitrogens with one attached hydrogen (secondary N) is 1. The molecule has 1 rings (SSSR count). The fraction of sp³-hybridized carbons (Fsp3) is 0.571. The highest BCUT2D eigenvalue weighted by Crippen LogP contribution is 2.19. The van der Waals surface area contributed by atoms with Crippen LogP contribution in [0.5, 0.6) is 5.75 Å². The van der Waals surface area contributed by atoms with E-state index in [2.05, 4.69) is 23.9 Å². The van der Waals surface area contributed by atoms with Crippen LogP contribution in [0.15, 0.2) is 24.3 Å². The maximum Gasteiger partial charge on any atom is 0.387 e. The number of para-hydroxylation sites is 1. The van der Waals surface area contributed by atoms with Crippen LogP contribution >= 0.6 is 0 Å². The van der Waals surface area contributed by atoms with E-state index in [-0.39, 0.29) is 5.75 Å². The predicted octanol–water partition coefficient (Wildman–Crippen LogP) is 3.05. The highest BCUT2D eigenvalue weighted by Gasteiger charge is 2.08. The van der Waals surface area contributed by atoms with E-state index in [4.69, 9.17) is 4.74 Å². The van der Waals surface area contributed by atoms with Gasteiger partial charge in [-0.25, -0.2) is 0 Å². The Kier molecular flexibility index (Phi) is 7.36. The monoisotopic (exact) mass is 273 g/mol. The minimum atomic E-state index is -2.80. The Morgan fingerprint density at radius 3 is 2.63 bits per heavy atom. The van der Waals surface area contributed by atoms with Crippen molar-refractivity contribution in [1.82, 2.24) is 5.32 Å². The predicted molar refractivity (Wildman–Crippen MR) is 70.4 cm³/mol. The first-order valence-corrected chi connectivity index (χ1v) is 6.40. The minimum absolute atomic E-state index is 0.216. The lowest BCUT2D eigenvalue weighted by Gasteiger charge is -2.11. The molecule has 0 aliphatic rings. The van der Waals surface area contributed by atoms with Crippen LogP contribution in [-0.4, -0.2) is 26.4 Å². The molecule has 0 fully saturated rings. The summed E-state index contributed by atoms with van der Waals surface area (Å²) >= 11 is 0. The standard InChI is InChI=1S/C14H21F2NO2/c1-11(2)10-18-8-7-17-9-12-5-3-4-6-13(12)19-14(15)16/h3-6,11,14,17H,7-10H2,1-2H3. The molecular weight excluding hydrogens is 252 g/mol. The van der Waals surface area contributed by atoms with Gasteiger partial charge in [0.05, 0.1) is 6.61 Å². The van der Waals surface area contributed by atoms with Gasteiger partial charge in [0, 0.05) is 25.3 Å². The summed E-state index contributed by atoms with van der Waals surface area (Å²) in [5.74, 6) is 0.730. The summed E-state index contributed by atoms with van der Waals surface area (Å²) in [5.41, 5.74) is 0.714. The molecular formula is C14H21F2NO2. The molecule has 0 aliphatic heterocycles. The maximum atomic E-state index is 12.2. The Morgan fingerprint density at radius 1 is 1.21 bits per heavy atom. The molecule has 0 aliphatic carbocycles. The summed E-state index contributed by atoms with van der Waals surface area (Å²) in [6.07, 6.45) is 0. The molecule has 0 atom stereocenters. The van der Waals surface area contributed by atoms with Gasteiger partial charge in [0.1, 0.15) is 5.75 Å². The Labute approximate surface area is 112 Å². The second-order valence-electron chi connectivity index (χ2n) is 4.63. The van der Waals surface area contributed by atoms with Gasteiger partial charge in [0.25, 0.3) is 0 Å². The number of alkyl halides is 2. The average molecular weight is 273 g/mol. The van der Waals surface area contributed by atoms with Gasteiger partial charge in [-0.2, -0.15) is 8.78 Å². The quantitative estimate of drug-likeness (QED) is 0.701. The van der Waals surface area contributed by atoms with Crippen molar-refractivity contribution in [2.45, 2.75) is 27.0 Å². The summed E-state index contributed by atoms with van der Waals surface area (Å²) in [5, 5.41) is 3.14. The van der Waals surface area contributed by atoms with Gasteiger partial charge >= 0.3 is 6.61 Å². The smallest absolute Gasteiger partial charge is 0.387 e. The lowest BCUT2D eigenvalue weighted by molar-refractivity contribution is -0.0505. The van der Waals surface area contributed by atoms with Crippen molar-refractivity contribution in [3.8, 4) is 5.75 Å². The second-order valence-corrected chi connectivity index (χ2v) is 4.63. The van der Waals surface area contributed by atoms with Gasteiger partial charge in [0.15, 0.2) is 0 Å². The van der Waals surface area contributed by atoms with E-state index in [0.717, 1.165) is 6.61 Å². The summed E-state index contributed by atoms with van der Waals surface area (Å²) in [7, 11) is 0. The van der Waals surface area contributed by atoms with Crippen molar-refractivity contribution in [3.05, 3.63) is 29.8 Å². The molecule has 0 saturated heterocycles. The second kappa shape index (κ2) is 8.82. The maximum absolute atomic E-state index is 12.2. The van der Waals surface area contributed by atoms with Gasteiger partial charge in [-0.1, -0.05) is 32.0 Å². The van der Waals surface area contributed by atoms with Crippen molar-refractivity contribution >= 4 is 0 Å². The Balaban J connectivity index is 2.28. The minimum Gasteiger partial charge on any atom is -0.434 e. The molecule has 108 valence electrons. The first-order chi connectivity index (χ1) is 9.09. The zero-order valence-electron chi connectivity index (χ0n) is 11.4. The van der Waals surface area contributed by atoms with E-state index >= 15 is 0 Å². The van der Waals surface area contributed by atoms with Crippen molar-refractivity contribution in [2.24, 2.45) is 5.92 Å². The Hall–Kier alpha value is -1.20. The molecule has 3 nitrogen and oxygen atoms in total. The summed E-state index contributed by atoms with van der Waals surface area (Å²) in [6, 6.07) is 6.77. The lowest BCUT2D eigenvalue weighted by Crippen LogP contribution is -2.20. The molecule has 0 saturated carbocycles. The molecule has 1 aromatic carbocycles. The van der Waals surface area contributed by atoms with Crippen LogP contribution in [0.25, 0.3) is 0 Å². The van der Waals surface area contributed by atoms with E-state index in [1.807, 2.05) is 0 Å². The normalized spacial score (nSPS) is 11.3. The van der Waals surface area contributed by atoms with Crippen LogP contribution in [-0.2, 0) is 11.3 Å². The largest absolute Gasteiger partial charge is 0.434 e. The molecule has 0 spiro atoms. The summed E-state index contributed by atoms with van der Waals surface area (Å²) < 4.78 is 34.3. The van der Waals surface area contributed by atoms with Crippen LogP contribution in [0.2, 0.25) is 0 Å². The third-order valence-corrected chi connectivity index (χ3v) is 2.38. The van der Waals surface area contributed by atoms with Crippen LogP contribution < -0.4 is 10.1 Å². The molecule has 0 amide bonds. The number of ether oxygens (including phenoxy) is 2. The topological polar surface area (TPSA) is 30.5 Å². The molecule has 0 bridgehead atoms. The fourth-order valence-corrected chi connectivity index (χ4v) is 1.55. The number of halogens is 2. The van der Waals surface area contributed by atoms with E-state index in [1.54, 1.807) is 24.3 Å². The number of benzene rings is 1. The molecule has 1 N–H and O–H groups in total. The van der Waals surface area contributed by atoms with Crippen LogP contribution in [0.4, 0.5) is 8.78 Å². The number of hydrogen-bond acceptors (Lipinski definition) is 3. The van der Waals surface area contributed by atoms with E-state index in [9.17, 15) is 8.78 Å². The third kappa shape index (κ3) is 7.08. The van der Waals surface area contributed by atoms with Crippen molar-refractivity contribution < 1.29 is 18.3 Å². The van der Waals surface area contributed by atoms with E-state index in [0.29, 0.717) is 31.2 Å². The zero-order valence-corrected chi connectivity index (χ0v) is 11.4. The third-order valence-electron chi connectivity index (χ3n) is 2.38. The van der Waals surface area contributed by atoms with Gasteiger partial charge in [-0.3, -0.25) is 0 Å². The van der Waals surface area contributed by atoms with Crippen molar-refractivity contribution in [3.63, 3.8) is 0 Å². The van der Waals surface area contributed by atoms with Crippen LogP contribution in [0.3, 0.4) is 0 Å². The lowest BCUT2D eigenvalue weighted by atomic mass is 10.2. The van der Waals surface area contributed by atoms with Gasteiger partial charge < -0.3 is 14.8 Å². The first-order valence-electron chi connectivity index (χ1n) is 6.40.